The van der Waals surface area contributed by atoms with Gasteiger partial charge in [-0.2, -0.15) is 10.4 Å². The maximum atomic E-state index is 8.79. The zero-order valence-corrected chi connectivity index (χ0v) is 21.9. The van der Waals surface area contributed by atoms with Gasteiger partial charge in [-0.05, 0) is 48.1 Å². The summed E-state index contributed by atoms with van der Waals surface area (Å²) >= 11 is 0. The molecule has 8 heteroatoms. The Kier molecular flexibility index (Phi) is 6.95. The van der Waals surface area contributed by atoms with Crippen molar-refractivity contribution < 1.29 is 0 Å². The van der Waals surface area contributed by atoms with Gasteiger partial charge in [0.05, 0.1) is 29.7 Å². The van der Waals surface area contributed by atoms with Crippen LogP contribution in [-0.4, -0.2) is 34.1 Å². The van der Waals surface area contributed by atoms with E-state index in [1.165, 1.54) is 6.42 Å². The number of aromatic nitrogens is 4. The van der Waals surface area contributed by atoms with Gasteiger partial charge in [-0.1, -0.05) is 57.9 Å². The molecule has 0 bridgehead atoms. The molecule has 0 atom stereocenters. The molecule has 0 aliphatic heterocycles. The van der Waals surface area contributed by atoms with Gasteiger partial charge in [-0.15, -0.1) is 0 Å². The largest absolute Gasteiger partial charge is 0.372 e. The molecule has 2 heterocycles. The summed E-state index contributed by atoms with van der Waals surface area (Å²) in [7, 11) is 6.30. The normalized spacial score (nSPS) is 16.8. The zero-order valence-electron chi connectivity index (χ0n) is 21.9. The third kappa shape index (κ3) is 5.79. The SMILES string of the molecule is [B]c1cc(-c2nc(Nc3cnn(C4CC(C)(C)CC(C)(C)C4)c3)ncc2C)ccc1C(=C)NCC#N. The Morgan fingerprint density at radius 3 is 2.61 bits per heavy atom. The second-order valence-electron chi connectivity index (χ2n) is 11.4. The van der Waals surface area contributed by atoms with Crippen LogP contribution in [0.1, 0.15) is 64.1 Å². The van der Waals surface area contributed by atoms with Crippen LogP contribution in [0.3, 0.4) is 0 Å². The number of hydrogen-bond acceptors (Lipinski definition) is 6. The predicted octanol–water partition coefficient (Wildman–Crippen LogP) is 5.05. The number of nitrogens with zero attached hydrogens (tertiary/aromatic N) is 5. The quantitative estimate of drug-likeness (QED) is 0.364. The minimum Gasteiger partial charge on any atom is -0.372 e. The van der Waals surface area contributed by atoms with Crippen molar-refractivity contribution in [1.29, 1.82) is 5.26 Å². The van der Waals surface area contributed by atoms with E-state index in [1.807, 2.05) is 37.4 Å². The van der Waals surface area contributed by atoms with E-state index in [4.69, 9.17) is 18.1 Å². The molecule has 1 aromatic carbocycles. The Bertz CT molecular complexity index is 1300. The molecule has 2 radical (unpaired) electrons. The van der Waals surface area contributed by atoms with E-state index in [1.54, 1.807) is 6.20 Å². The second kappa shape index (κ2) is 9.81. The third-order valence-corrected chi connectivity index (χ3v) is 6.77. The number of nitriles is 1. The van der Waals surface area contributed by atoms with E-state index in [0.29, 0.717) is 23.2 Å². The molecule has 184 valence electrons. The highest BCUT2D eigenvalue weighted by Crippen LogP contribution is 2.50. The van der Waals surface area contributed by atoms with Crippen LogP contribution in [0.2, 0.25) is 0 Å². The molecule has 0 amide bonds. The molecule has 4 rings (SSSR count). The molecular weight excluding hydrogens is 445 g/mol. The fraction of sp³-hybridized carbons (Fsp3) is 0.429. The number of benzene rings is 1. The highest BCUT2D eigenvalue weighted by molar-refractivity contribution is 6.35. The molecule has 7 nitrogen and oxygen atoms in total. The number of anilines is 2. The molecular formula is C28H34BN7. The Labute approximate surface area is 215 Å². The summed E-state index contributed by atoms with van der Waals surface area (Å²) in [5.41, 5.74) is 6.00. The number of rotatable bonds is 7. The van der Waals surface area contributed by atoms with Gasteiger partial charge < -0.3 is 10.6 Å². The molecule has 2 aromatic heterocycles. The Hall–Kier alpha value is -3.60. The fourth-order valence-corrected chi connectivity index (χ4v) is 5.73. The van der Waals surface area contributed by atoms with E-state index in [-0.39, 0.29) is 17.4 Å². The predicted molar refractivity (Wildman–Crippen MR) is 146 cm³/mol. The van der Waals surface area contributed by atoms with Crippen molar-refractivity contribution in [2.45, 2.75) is 59.9 Å². The van der Waals surface area contributed by atoms with Gasteiger partial charge in [-0.25, -0.2) is 9.97 Å². The third-order valence-electron chi connectivity index (χ3n) is 6.77. The van der Waals surface area contributed by atoms with Crippen molar-refractivity contribution in [3.05, 3.63) is 54.5 Å². The topological polar surface area (TPSA) is 91.4 Å². The van der Waals surface area contributed by atoms with Crippen LogP contribution in [0.15, 0.2) is 43.4 Å². The Morgan fingerprint density at radius 1 is 1.22 bits per heavy atom. The Balaban J connectivity index is 1.53. The van der Waals surface area contributed by atoms with Crippen molar-refractivity contribution in [1.82, 2.24) is 25.1 Å². The minimum absolute atomic E-state index is 0.174. The van der Waals surface area contributed by atoms with E-state index in [2.05, 4.69) is 65.9 Å². The summed E-state index contributed by atoms with van der Waals surface area (Å²) in [6.07, 6.45) is 9.14. The number of hydrogen-bond donors (Lipinski definition) is 2. The first kappa shape index (κ1) is 25.5. The monoisotopic (exact) mass is 479 g/mol. The average Bonchev–Trinajstić information content (AvgIpc) is 3.25. The van der Waals surface area contributed by atoms with Gasteiger partial charge in [0.15, 0.2) is 0 Å². The van der Waals surface area contributed by atoms with Crippen LogP contribution < -0.4 is 16.1 Å². The summed E-state index contributed by atoms with van der Waals surface area (Å²) in [6.45, 7) is 15.5. The van der Waals surface area contributed by atoms with Gasteiger partial charge in [0, 0.05) is 23.7 Å². The van der Waals surface area contributed by atoms with Crippen molar-refractivity contribution >= 4 is 30.6 Å². The lowest BCUT2D eigenvalue weighted by Gasteiger charge is -2.44. The molecule has 3 aromatic rings. The first-order chi connectivity index (χ1) is 17.0. The van der Waals surface area contributed by atoms with Crippen LogP contribution in [0, 0.1) is 29.1 Å². The van der Waals surface area contributed by atoms with Gasteiger partial charge >= 0.3 is 0 Å². The second-order valence-corrected chi connectivity index (χ2v) is 11.4. The lowest BCUT2D eigenvalue weighted by atomic mass is 9.63. The maximum absolute atomic E-state index is 8.79. The lowest BCUT2D eigenvalue weighted by molar-refractivity contribution is 0.0673. The summed E-state index contributed by atoms with van der Waals surface area (Å²) in [6, 6.07) is 8.13. The first-order valence-corrected chi connectivity index (χ1v) is 12.3. The summed E-state index contributed by atoms with van der Waals surface area (Å²) < 4.78 is 2.09. The number of aryl methyl sites for hydroxylation is 1. The van der Waals surface area contributed by atoms with Crippen LogP contribution in [0.25, 0.3) is 17.0 Å². The van der Waals surface area contributed by atoms with E-state index in [9.17, 15) is 0 Å². The van der Waals surface area contributed by atoms with Crippen molar-refractivity contribution in [2.75, 3.05) is 11.9 Å². The smallest absolute Gasteiger partial charge is 0.227 e. The number of nitrogens with one attached hydrogen (secondary N) is 2. The van der Waals surface area contributed by atoms with E-state index >= 15 is 0 Å². The highest BCUT2D eigenvalue weighted by Gasteiger charge is 2.39. The molecule has 0 saturated heterocycles. The molecule has 1 saturated carbocycles. The molecule has 0 unspecified atom stereocenters. The highest BCUT2D eigenvalue weighted by atomic mass is 15.3. The first-order valence-electron chi connectivity index (χ1n) is 12.3. The Morgan fingerprint density at radius 2 is 1.94 bits per heavy atom. The average molecular weight is 479 g/mol. The van der Waals surface area contributed by atoms with Crippen molar-refractivity contribution in [3.8, 4) is 17.3 Å². The molecule has 1 aliphatic rings. The molecule has 1 fully saturated rings. The van der Waals surface area contributed by atoms with Gasteiger partial charge in [0.25, 0.3) is 0 Å². The lowest BCUT2D eigenvalue weighted by Crippen LogP contribution is -2.35. The van der Waals surface area contributed by atoms with Gasteiger partial charge in [0.2, 0.25) is 5.95 Å². The molecule has 0 spiro atoms. The maximum Gasteiger partial charge on any atom is 0.227 e. The summed E-state index contributed by atoms with van der Waals surface area (Å²) in [4.78, 5) is 9.26. The summed E-state index contributed by atoms with van der Waals surface area (Å²) in [5, 5.41) is 19.7. The van der Waals surface area contributed by atoms with Gasteiger partial charge in [-0.3, -0.25) is 4.68 Å². The fourth-order valence-electron chi connectivity index (χ4n) is 5.73. The molecule has 2 N–H and O–H groups in total. The summed E-state index contributed by atoms with van der Waals surface area (Å²) in [5.74, 6) is 0.502. The van der Waals surface area contributed by atoms with Gasteiger partial charge in [0.1, 0.15) is 14.4 Å². The molecule has 1 aliphatic carbocycles. The van der Waals surface area contributed by atoms with E-state index in [0.717, 1.165) is 40.9 Å². The standard InChI is InChI=1S/C28H34BN7/c1-18-14-32-26(35-25(18)20-7-8-23(24(29)11-20)19(2)31-10-9-30)34-21-15-33-36(16-21)22-12-27(3,4)17-28(5,6)13-22/h7-8,11,14-16,22,31H,2,10,12-13,17H2,1,3-6H3,(H,32,34,35). The minimum atomic E-state index is 0.174. The van der Waals surface area contributed by atoms with Crippen LogP contribution in [0.5, 0.6) is 0 Å². The zero-order chi connectivity index (χ0) is 26.1. The van der Waals surface area contributed by atoms with Crippen molar-refractivity contribution in [2.24, 2.45) is 10.8 Å². The van der Waals surface area contributed by atoms with Crippen molar-refractivity contribution in [3.63, 3.8) is 0 Å². The van der Waals surface area contributed by atoms with E-state index < -0.39 is 0 Å². The van der Waals surface area contributed by atoms with Crippen LogP contribution in [0.4, 0.5) is 11.6 Å². The van der Waals surface area contributed by atoms with Crippen LogP contribution in [-0.2, 0) is 0 Å². The molecule has 36 heavy (non-hydrogen) atoms. The van der Waals surface area contributed by atoms with Crippen LogP contribution >= 0.6 is 0 Å².